The van der Waals surface area contributed by atoms with Crippen LogP contribution in [0.3, 0.4) is 0 Å². The third-order valence-corrected chi connectivity index (χ3v) is 8.43. The molecule has 0 unspecified atom stereocenters. The van der Waals surface area contributed by atoms with Gasteiger partial charge in [0.15, 0.2) is 6.29 Å². The van der Waals surface area contributed by atoms with E-state index < -0.39 is 35.6 Å². The Bertz CT molecular complexity index is 1730. The van der Waals surface area contributed by atoms with Crippen LogP contribution in [-0.2, 0) is 61.5 Å². The van der Waals surface area contributed by atoms with Gasteiger partial charge in [-0.15, -0.1) is 0 Å². The van der Waals surface area contributed by atoms with E-state index in [4.69, 9.17) is 28.4 Å². The number of hydrogen-bond acceptors (Lipinski definition) is 8. The molecule has 5 aromatic carbocycles. The van der Waals surface area contributed by atoms with Crippen molar-refractivity contribution in [2.75, 3.05) is 6.61 Å². The SMILES string of the molecule is O=[N+]([O-])c1ccccc1CO[C@H]1[C@H](OCc2ccccc2)O[C@H](COCc2ccccc2)[C@@H](OCc2ccccc2)[C@@H]1OCc1ccccc1. The van der Waals surface area contributed by atoms with E-state index in [0.29, 0.717) is 18.8 Å². The summed E-state index contributed by atoms with van der Waals surface area (Å²) in [4.78, 5) is 11.5. The standard InChI is InChI=1S/C41H41NO8/c43-42(44)36-24-14-13-23-35(36)29-48-40-39(47-27-33-19-9-3-10-20-33)38(46-26-32-17-7-2-8-18-32)37(30-45-25-31-15-5-1-6-16-31)50-41(40)49-28-34-21-11-4-12-22-34/h1-24,37-41H,25-30H2/t37-,38-,39+,40-,41-/m1/s1. The number of hydrogen-bond donors (Lipinski definition) is 0. The van der Waals surface area contributed by atoms with Crippen molar-refractivity contribution in [3.05, 3.63) is 184 Å². The van der Waals surface area contributed by atoms with Crippen LogP contribution in [0.1, 0.15) is 27.8 Å². The highest BCUT2D eigenvalue weighted by molar-refractivity contribution is 5.39. The number of benzene rings is 5. The Morgan fingerprint density at radius 2 is 0.940 bits per heavy atom. The molecule has 0 N–H and O–H groups in total. The lowest BCUT2D eigenvalue weighted by atomic mass is 9.97. The van der Waals surface area contributed by atoms with E-state index >= 15 is 0 Å². The van der Waals surface area contributed by atoms with Gasteiger partial charge >= 0.3 is 0 Å². The largest absolute Gasteiger partial charge is 0.374 e. The minimum Gasteiger partial charge on any atom is -0.374 e. The maximum absolute atomic E-state index is 11.9. The number of nitro benzene ring substituents is 1. The molecule has 0 aliphatic carbocycles. The molecule has 9 heteroatoms. The van der Waals surface area contributed by atoms with Gasteiger partial charge < -0.3 is 28.4 Å². The first-order chi connectivity index (χ1) is 24.6. The minimum absolute atomic E-state index is 0.0307. The highest BCUT2D eigenvalue weighted by Gasteiger charge is 2.49. The summed E-state index contributed by atoms with van der Waals surface area (Å²) in [5, 5.41) is 11.9. The molecule has 0 bridgehead atoms. The Kier molecular flexibility index (Phi) is 12.9. The molecule has 1 aliphatic rings. The average molecular weight is 676 g/mol. The van der Waals surface area contributed by atoms with E-state index in [1.165, 1.54) is 6.07 Å². The van der Waals surface area contributed by atoms with E-state index in [0.717, 1.165) is 22.3 Å². The normalized spacial score (nSPS) is 20.4. The van der Waals surface area contributed by atoms with Crippen molar-refractivity contribution in [2.45, 2.75) is 63.7 Å². The van der Waals surface area contributed by atoms with Gasteiger partial charge in [-0.25, -0.2) is 0 Å². The molecule has 0 radical (unpaired) electrons. The van der Waals surface area contributed by atoms with E-state index in [9.17, 15) is 10.1 Å². The maximum atomic E-state index is 11.9. The van der Waals surface area contributed by atoms with Crippen LogP contribution in [0.2, 0.25) is 0 Å². The van der Waals surface area contributed by atoms with Gasteiger partial charge in [-0.3, -0.25) is 10.1 Å². The highest BCUT2D eigenvalue weighted by Crippen LogP contribution is 2.33. The summed E-state index contributed by atoms with van der Waals surface area (Å²) < 4.78 is 39.4. The predicted molar refractivity (Wildman–Crippen MR) is 188 cm³/mol. The van der Waals surface area contributed by atoms with Crippen molar-refractivity contribution >= 4 is 5.69 Å². The summed E-state index contributed by atoms with van der Waals surface area (Å²) in [6.45, 7) is 1.32. The van der Waals surface area contributed by atoms with Gasteiger partial charge in [0.05, 0.1) is 50.1 Å². The topological polar surface area (TPSA) is 98.5 Å². The van der Waals surface area contributed by atoms with Gasteiger partial charge in [-0.1, -0.05) is 133 Å². The fourth-order valence-electron chi connectivity index (χ4n) is 5.86. The van der Waals surface area contributed by atoms with Crippen LogP contribution in [0.5, 0.6) is 0 Å². The Hall–Kier alpha value is -4.74. The molecule has 6 rings (SSSR count). The predicted octanol–water partition coefficient (Wildman–Crippen LogP) is 7.81. The Morgan fingerprint density at radius 1 is 0.500 bits per heavy atom. The van der Waals surface area contributed by atoms with Crippen molar-refractivity contribution < 1.29 is 33.3 Å². The fourth-order valence-corrected chi connectivity index (χ4v) is 5.86. The summed E-state index contributed by atoms with van der Waals surface area (Å²) in [6.07, 6.45) is -3.70. The minimum atomic E-state index is -0.916. The molecule has 1 fully saturated rings. The lowest BCUT2D eigenvalue weighted by Crippen LogP contribution is -2.61. The lowest BCUT2D eigenvalue weighted by Gasteiger charge is -2.45. The maximum Gasteiger partial charge on any atom is 0.274 e. The van der Waals surface area contributed by atoms with Gasteiger partial charge in [-0.2, -0.15) is 0 Å². The number of para-hydroxylation sites is 1. The first-order valence-electron chi connectivity index (χ1n) is 16.7. The molecule has 1 saturated heterocycles. The quantitative estimate of drug-likeness (QED) is 0.0727. The van der Waals surface area contributed by atoms with E-state index in [1.54, 1.807) is 18.2 Å². The Labute approximate surface area is 292 Å². The molecule has 0 aromatic heterocycles. The summed E-state index contributed by atoms with van der Waals surface area (Å²) in [6, 6.07) is 46.0. The molecule has 0 saturated carbocycles. The van der Waals surface area contributed by atoms with Gasteiger partial charge in [0.2, 0.25) is 0 Å². The number of nitro groups is 1. The molecule has 258 valence electrons. The number of ether oxygens (including phenoxy) is 6. The molecule has 1 heterocycles. The molecule has 0 amide bonds. The third kappa shape index (κ3) is 9.92. The van der Waals surface area contributed by atoms with Crippen LogP contribution in [0.4, 0.5) is 5.69 Å². The highest BCUT2D eigenvalue weighted by atomic mass is 16.7. The summed E-state index contributed by atoms with van der Waals surface area (Å²) >= 11 is 0. The van der Waals surface area contributed by atoms with Gasteiger partial charge in [0.25, 0.3) is 5.69 Å². The van der Waals surface area contributed by atoms with Gasteiger partial charge in [0.1, 0.15) is 24.4 Å². The van der Waals surface area contributed by atoms with Crippen LogP contribution in [-0.4, -0.2) is 42.2 Å². The molecular weight excluding hydrogens is 634 g/mol. The molecule has 9 nitrogen and oxygen atoms in total. The molecule has 5 atom stereocenters. The zero-order valence-corrected chi connectivity index (χ0v) is 27.7. The van der Waals surface area contributed by atoms with Crippen LogP contribution in [0, 0.1) is 10.1 Å². The van der Waals surface area contributed by atoms with Crippen molar-refractivity contribution in [3.8, 4) is 0 Å². The van der Waals surface area contributed by atoms with E-state index in [-0.39, 0.29) is 32.1 Å². The third-order valence-electron chi connectivity index (χ3n) is 8.43. The first-order valence-corrected chi connectivity index (χ1v) is 16.7. The smallest absolute Gasteiger partial charge is 0.274 e. The average Bonchev–Trinajstić information content (AvgIpc) is 3.17. The second kappa shape index (κ2) is 18.3. The Balaban J connectivity index is 1.32. The summed E-state index contributed by atoms with van der Waals surface area (Å²) in [5.74, 6) is 0. The molecular formula is C41H41NO8. The zero-order chi connectivity index (χ0) is 34.4. The van der Waals surface area contributed by atoms with Crippen LogP contribution < -0.4 is 0 Å². The molecule has 0 spiro atoms. The first kappa shape index (κ1) is 35.1. The van der Waals surface area contributed by atoms with Crippen LogP contribution in [0.25, 0.3) is 0 Å². The van der Waals surface area contributed by atoms with E-state index in [1.807, 2.05) is 121 Å². The summed E-state index contributed by atoms with van der Waals surface area (Å²) in [7, 11) is 0. The molecule has 5 aromatic rings. The van der Waals surface area contributed by atoms with Crippen molar-refractivity contribution in [2.24, 2.45) is 0 Å². The monoisotopic (exact) mass is 675 g/mol. The zero-order valence-electron chi connectivity index (χ0n) is 27.7. The summed E-state index contributed by atoms with van der Waals surface area (Å²) in [5.41, 5.74) is 4.34. The van der Waals surface area contributed by atoms with Gasteiger partial charge in [-0.05, 0) is 28.3 Å². The fraction of sp³-hybridized carbons (Fsp3) is 0.268. The second-order valence-electron chi connectivity index (χ2n) is 12.0. The van der Waals surface area contributed by atoms with Crippen molar-refractivity contribution in [3.63, 3.8) is 0 Å². The van der Waals surface area contributed by atoms with E-state index in [2.05, 4.69) is 0 Å². The molecule has 1 aliphatic heterocycles. The van der Waals surface area contributed by atoms with Crippen LogP contribution in [0.15, 0.2) is 146 Å². The van der Waals surface area contributed by atoms with Gasteiger partial charge in [0, 0.05) is 6.07 Å². The molecule has 50 heavy (non-hydrogen) atoms. The number of rotatable bonds is 17. The number of nitrogens with zero attached hydrogens (tertiary/aromatic N) is 1. The van der Waals surface area contributed by atoms with Crippen LogP contribution >= 0.6 is 0 Å². The van der Waals surface area contributed by atoms with Crippen molar-refractivity contribution in [1.82, 2.24) is 0 Å². The second-order valence-corrected chi connectivity index (χ2v) is 12.0. The van der Waals surface area contributed by atoms with Crippen molar-refractivity contribution in [1.29, 1.82) is 0 Å². The Morgan fingerprint density at radius 3 is 1.48 bits per heavy atom. The lowest BCUT2D eigenvalue weighted by molar-refractivity contribution is -0.386.